The molecule has 24 heavy (non-hydrogen) atoms. The Morgan fingerprint density at radius 2 is 1.92 bits per heavy atom. The van der Waals surface area contributed by atoms with E-state index in [-0.39, 0.29) is 18.0 Å². The molecule has 0 radical (unpaired) electrons. The van der Waals surface area contributed by atoms with Gasteiger partial charge in [0.15, 0.2) is 0 Å². The van der Waals surface area contributed by atoms with Crippen molar-refractivity contribution in [2.75, 3.05) is 13.1 Å². The first-order valence-electron chi connectivity index (χ1n) is 8.38. The fourth-order valence-electron chi connectivity index (χ4n) is 3.38. The standard InChI is InChI=1S/C17H20N4O2S/c1-12-8-13-15(24-12)9-14-17(23)21(18-11-20(13)14)10-16(22)19-6-4-2-3-5-7-19/h8-9,11H,2-7,10H2,1H3. The summed E-state index contributed by atoms with van der Waals surface area (Å²) in [6, 6.07) is 3.95. The molecule has 7 heteroatoms. The van der Waals surface area contributed by atoms with Gasteiger partial charge in [-0.25, -0.2) is 4.68 Å². The molecule has 1 fully saturated rings. The van der Waals surface area contributed by atoms with Gasteiger partial charge in [0.1, 0.15) is 18.4 Å². The summed E-state index contributed by atoms with van der Waals surface area (Å²) in [4.78, 5) is 28.2. The van der Waals surface area contributed by atoms with E-state index in [0.29, 0.717) is 5.52 Å². The van der Waals surface area contributed by atoms with Gasteiger partial charge in [0.05, 0.1) is 10.2 Å². The molecule has 0 saturated carbocycles. The molecule has 6 nitrogen and oxygen atoms in total. The Balaban J connectivity index is 1.65. The van der Waals surface area contributed by atoms with E-state index in [1.165, 1.54) is 22.4 Å². The smallest absolute Gasteiger partial charge is 0.291 e. The first kappa shape index (κ1) is 15.4. The third-order valence-electron chi connectivity index (χ3n) is 4.65. The molecule has 1 aliphatic rings. The number of nitrogens with zero attached hydrogens (tertiary/aromatic N) is 4. The maximum Gasteiger partial charge on any atom is 0.291 e. The van der Waals surface area contributed by atoms with Gasteiger partial charge in [-0.2, -0.15) is 5.10 Å². The minimum Gasteiger partial charge on any atom is -0.341 e. The van der Waals surface area contributed by atoms with Crippen molar-refractivity contribution in [3.05, 3.63) is 33.7 Å². The monoisotopic (exact) mass is 344 g/mol. The van der Waals surface area contributed by atoms with Crippen LogP contribution in [-0.4, -0.2) is 38.1 Å². The number of thiophene rings is 1. The van der Waals surface area contributed by atoms with Crippen molar-refractivity contribution >= 4 is 33.0 Å². The van der Waals surface area contributed by atoms with Crippen molar-refractivity contribution in [2.24, 2.45) is 0 Å². The molecular weight excluding hydrogens is 324 g/mol. The first-order chi connectivity index (χ1) is 11.6. The molecule has 1 amide bonds. The number of hydrogen-bond donors (Lipinski definition) is 0. The lowest BCUT2D eigenvalue weighted by Crippen LogP contribution is -2.38. The quantitative estimate of drug-likeness (QED) is 0.717. The lowest BCUT2D eigenvalue weighted by atomic mass is 10.2. The van der Waals surface area contributed by atoms with Gasteiger partial charge in [-0.15, -0.1) is 11.3 Å². The van der Waals surface area contributed by atoms with Gasteiger partial charge in [-0.05, 0) is 31.9 Å². The number of rotatable bonds is 2. The zero-order valence-electron chi connectivity index (χ0n) is 13.7. The predicted octanol–water partition coefficient (Wildman–Crippen LogP) is 2.42. The molecule has 3 aromatic heterocycles. The number of aromatic nitrogens is 3. The number of carbonyl (C=O) groups excluding carboxylic acids is 1. The predicted molar refractivity (Wildman–Crippen MR) is 94.6 cm³/mol. The first-order valence-corrected chi connectivity index (χ1v) is 9.20. The fraction of sp³-hybridized carbons (Fsp3) is 0.471. The van der Waals surface area contributed by atoms with E-state index in [0.717, 1.165) is 36.1 Å². The Morgan fingerprint density at radius 1 is 1.17 bits per heavy atom. The lowest BCUT2D eigenvalue weighted by molar-refractivity contribution is -0.132. The van der Waals surface area contributed by atoms with Gasteiger partial charge in [0.25, 0.3) is 5.56 Å². The fourth-order valence-corrected chi connectivity index (χ4v) is 4.33. The van der Waals surface area contributed by atoms with Crippen molar-refractivity contribution in [3.63, 3.8) is 0 Å². The number of fused-ring (bicyclic) bond motifs is 3. The van der Waals surface area contributed by atoms with Gasteiger partial charge in [-0.3, -0.25) is 14.0 Å². The van der Waals surface area contributed by atoms with Crippen molar-refractivity contribution in [3.8, 4) is 0 Å². The average molecular weight is 344 g/mol. The van der Waals surface area contributed by atoms with Crippen molar-refractivity contribution in [1.29, 1.82) is 0 Å². The van der Waals surface area contributed by atoms with Gasteiger partial charge in [0, 0.05) is 18.0 Å². The van der Waals surface area contributed by atoms with Gasteiger partial charge >= 0.3 is 0 Å². The molecule has 0 aliphatic carbocycles. The summed E-state index contributed by atoms with van der Waals surface area (Å²) in [6.07, 6.45) is 6.08. The zero-order chi connectivity index (χ0) is 16.7. The average Bonchev–Trinajstić information content (AvgIpc) is 2.93. The molecule has 126 valence electrons. The van der Waals surface area contributed by atoms with Crippen LogP contribution < -0.4 is 5.56 Å². The highest BCUT2D eigenvalue weighted by atomic mass is 32.1. The molecule has 0 atom stereocenters. The molecule has 1 saturated heterocycles. The Bertz CT molecular complexity index is 960. The third kappa shape index (κ3) is 2.62. The topological polar surface area (TPSA) is 59.6 Å². The van der Waals surface area contributed by atoms with Gasteiger partial charge in [0.2, 0.25) is 5.91 Å². The summed E-state index contributed by atoms with van der Waals surface area (Å²) in [5.41, 5.74) is 1.37. The van der Waals surface area contributed by atoms with Crippen LogP contribution in [0, 0.1) is 6.92 Å². The summed E-state index contributed by atoms with van der Waals surface area (Å²) < 4.78 is 4.18. The molecule has 4 heterocycles. The third-order valence-corrected chi connectivity index (χ3v) is 5.64. The van der Waals surface area contributed by atoms with Crippen LogP contribution in [0.2, 0.25) is 0 Å². The van der Waals surface area contributed by atoms with Gasteiger partial charge in [-0.1, -0.05) is 12.8 Å². The van der Waals surface area contributed by atoms with E-state index < -0.39 is 0 Å². The van der Waals surface area contributed by atoms with Crippen LogP contribution in [0.15, 0.2) is 23.3 Å². The Hall–Kier alpha value is -2.15. The number of carbonyl (C=O) groups is 1. The summed E-state index contributed by atoms with van der Waals surface area (Å²) in [5.74, 6) is -0.0138. The molecule has 1 aliphatic heterocycles. The van der Waals surface area contributed by atoms with Crippen molar-refractivity contribution < 1.29 is 4.79 Å². The molecule has 0 bridgehead atoms. The minimum atomic E-state index is -0.207. The van der Waals surface area contributed by atoms with E-state index in [9.17, 15) is 9.59 Å². The highest BCUT2D eigenvalue weighted by Crippen LogP contribution is 2.26. The van der Waals surface area contributed by atoms with E-state index in [1.54, 1.807) is 17.7 Å². The lowest BCUT2D eigenvalue weighted by Gasteiger charge is -2.20. The summed E-state index contributed by atoms with van der Waals surface area (Å²) >= 11 is 1.66. The van der Waals surface area contributed by atoms with Crippen molar-refractivity contribution in [1.82, 2.24) is 19.1 Å². The SMILES string of the molecule is Cc1cc2c(cc3c(=O)n(CC(=O)N4CCCCCC4)ncn32)s1. The van der Waals surface area contributed by atoms with Gasteiger partial charge < -0.3 is 4.90 Å². The molecule has 0 aromatic carbocycles. The Morgan fingerprint density at radius 3 is 2.67 bits per heavy atom. The molecule has 0 spiro atoms. The number of hydrogen-bond acceptors (Lipinski definition) is 4. The van der Waals surface area contributed by atoms with E-state index >= 15 is 0 Å². The van der Waals surface area contributed by atoms with Crippen molar-refractivity contribution in [2.45, 2.75) is 39.2 Å². The minimum absolute atomic E-state index is 0.0138. The van der Waals surface area contributed by atoms with Crippen LogP contribution in [0.5, 0.6) is 0 Å². The second kappa shape index (κ2) is 6.05. The molecular formula is C17H20N4O2S. The highest BCUT2D eigenvalue weighted by molar-refractivity contribution is 7.19. The second-order valence-corrected chi connectivity index (χ2v) is 7.68. The molecule has 4 rings (SSSR count). The summed E-state index contributed by atoms with van der Waals surface area (Å²) in [7, 11) is 0. The summed E-state index contributed by atoms with van der Waals surface area (Å²) in [5, 5.41) is 4.22. The number of aryl methyl sites for hydroxylation is 1. The van der Waals surface area contributed by atoms with Crippen LogP contribution in [0.1, 0.15) is 30.6 Å². The van der Waals surface area contributed by atoms with Crippen LogP contribution in [0.3, 0.4) is 0 Å². The molecule has 0 unspecified atom stereocenters. The van der Waals surface area contributed by atoms with Crippen LogP contribution in [0.25, 0.3) is 15.7 Å². The molecule has 0 N–H and O–H groups in total. The number of likely N-dealkylation sites (tertiary alicyclic amines) is 1. The van der Waals surface area contributed by atoms with E-state index in [2.05, 4.69) is 11.2 Å². The highest BCUT2D eigenvalue weighted by Gasteiger charge is 2.18. The Labute approximate surface area is 143 Å². The zero-order valence-corrected chi connectivity index (χ0v) is 14.5. The van der Waals surface area contributed by atoms with E-state index in [4.69, 9.17) is 0 Å². The normalized spacial score (nSPS) is 16.0. The number of amides is 1. The maximum absolute atomic E-state index is 12.7. The molecule has 3 aromatic rings. The summed E-state index contributed by atoms with van der Waals surface area (Å²) in [6.45, 7) is 3.64. The second-order valence-electron chi connectivity index (χ2n) is 6.39. The van der Waals surface area contributed by atoms with Crippen LogP contribution in [0.4, 0.5) is 0 Å². The largest absolute Gasteiger partial charge is 0.341 e. The van der Waals surface area contributed by atoms with Crippen LogP contribution in [-0.2, 0) is 11.3 Å². The van der Waals surface area contributed by atoms with E-state index in [1.807, 2.05) is 22.3 Å². The maximum atomic E-state index is 12.7. The Kier molecular flexibility index (Phi) is 3.88. The van der Waals surface area contributed by atoms with Crippen LogP contribution >= 0.6 is 11.3 Å².